The Hall–Kier alpha value is -2.70. The van der Waals surface area contributed by atoms with Crippen LogP contribution in [0.1, 0.15) is 24.1 Å². The summed E-state index contributed by atoms with van der Waals surface area (Å²) in [6.45, 7) is 1.88. The van der Waals surface area contributed by atoms with Crippen molar-refractivity contribution in [3.05, 3.63) is 69.2 Å². The fourth-order valence-corrected chi connectivity index (χ4v) is 3.60. The molecule has 2 N–H and O–H groups in total. The van der Waals surface area contributed by atoms with Gasteiger partial charge in [-0.1, -0.05) is 29.3 Å². The third-order valence-electron chi connectivity index (χ3n) is 4.23. The lowest BCUT2D eigenvalue weighted by atomic mass is 9.92. The number of ether oxygens (including phenoxy) is 2. The van der Waals surface area contributed by atoms with Crippen molar-refractivity contribution >= 4 is 40.9 Å². The quantitative estimate of drug-likeness (QED) is 0.705. The van der Waals surface area contributed by atoms with Crippen LogP contribution >= 0.6 is 23.2 Å². The maximum absolute atomic E-state index is 12.8. The van der Waals surface area contributed by atoms with Gasteiger partial charge in [0.05, 0.1) is 31.0 Å². The number of methoxy groups -OCH3 is 1. The molecule has 3 rings (SSSR count). The molecule has 8 heteroatoms. The highest BCUT2D eigenvalue weighted by atomic mass is 35.5. The molecule has 1 aliphatic rings. The summed E-state index contributed by atoms with van der Waals surface area (Å²) in [5.41, 5.74) is 1.58. The van der Waals surface area contributed by atoms with Gasteiger partial charge in [-0.05, 0) is 48.9 Å². The largest absolute Gasteiger partial charge is 0.497 e. The first-order chi connectivity index (χ1) is 13.5. The molecule has 28 heavy (non-hydrogen) atoms. The van der Waals surface area contributed by atoms with Crippen LogP contribution in [0.5, 0.6) is 5.75 Å². The van der Waals surface area contributed by atoms with E-state index in [0.29, 0.717) is 32.6 Å². The molecule has 1 unspecified atom stereocenters. The lowest BCUT2D eigenvalue weighted by Gasteiger charge is -2.30. The van der Waals surface area contributed by atoms with E-state index >= 15 is 0 Å². The summed E-state index contributed by atoms with van der Waals surface area (Å²) in [6.07, 6.45) is 0. The molecule has 2 aromatic rings. The van der Waals surface area contributed by atoms with Gasteiger partial charge >= 0.3 is 12.0 Å². The number of benzene rings is 2. The summed E-state index contributed by atoms with van der Waals surface area (Å²) in [6, 6.07) is 10.6. The third-order valence-corrected chi connectivity index (χ3v) is 4.89. The molecule has 0 aromatic heterocycles. The average Bonchev–Trinajstić information content (AvgIpc) is 2.67. The highest BCUT2D eigenvalue weighted by molar-refractivity contribution is 6.36. The van der Waals surface area contributed by atoms with Crippen LogP contribution in [0.4, 0.5) is 4.79 Å². The number of carbonyl (C=O) groups is 2. The van der Waals surface area contributed by atoms with Crippen LogP contribution in [0.2, 0.25) is 10.0 Å². The van der Waals surface area contributed by atoms with Crippen molar-refractivity contribution in [2.45, 2.75) is 13.0 Å². The molecule has 146 valence electrons. The molecular formula is C20H18Cl2N2O4. The van der Waals surface area contributed by atoms with Crippen molar-refractivity contribution in [3.8, 4) is 5.75 Å². The molecule has 2 amide bonds. The molecule has 0 saturated carbocycles. The minimum absolute atomic E-state index is 0.176. The first-order valence-electron chi connectivity index (χ1n) is 8.53. The lowest BCUT2D eigenvalue weighted by Crippen LogP contribution is -2.45. The molecule has 6 nitrogen and oxygen atoms in total. The number of rotatable bonds is 5. The van der Waals surface area contributed by atoms with E-state index < -0.39 is 18.0 Å². The van der Waals surface area contributed by atoms with Gasteiger partial charge in [-0.3, -0.25) is 0 Å². The Labute approximate surface area is 172 Å². The molecule has 0 bridgehead atoms. The zero-order valence-electron chi connectivity index (χ0n) is 15.2. The molecular weight excluding hydrogens is 403 g/mol. The second-order valence-electron chi connectivity index (χ2n) is 5.90. The minimum Gasteiger partial charge on any atom is -0.497 e. The Bertz CT molecular complexity index is 921. The van der Waals surface area contributed by atoms with Crippen LogP contribution in [-0.4, -0.2) is 25.7 Å². The van der Waals surface area contributed by atoms with Gasteiger partial charge in [0.2, 0.25) is 0 Å². The number of nitrogens with one attached hydrogen (secondary N) is 2. The van der Waals surface area contributed by atoms with Crippen molar-refractivity contribution in [2.75, 3.05) is 13.7 Å². The predicted octanol–water partition coefficient (Wildman–Crippen LogP) is 4.33. The monoisotopic (exact) mass is 420 g/mol. The van der Waals surface area contributed by atoms with Gasteiger partial charge in [0.1, 0.15) is 5.75 Å². The van der Waals surface area contributed by atoms with Crippen LogP contribution < -0.4 is 15.4 Å². The molecule has 0 aliphatic carbocycles. The van der Waals surface area contributed by atoms with Gasteiger partial charge in [0.15, 0.2) is 0 Å². The molecule has 0 radical (unpaired) electrons. The summed E-state index contributed by atoms with van der Waals surface area (Å²) >= 11 is 12.7. The Kier molecular flexibility index (Phi) is 6.11. The number of hydrogen-bond donors (Lipinski definition) is 2. The van der Waals surface area contributed by atoms with Crippen molar-refractivity contribution in [1.82, 2.24) is 10.6 Å². The summed E-state index contributed by atoms with van der Waals surface area (Å²) in [5, 5.41) is 6.08. The molecule has 0 fully saturated rings. The summed E-state index contributed by atoms with van der Waals surface area (Å²) in [5.74, 6) is 0.0646. The van der Waals surface area contributed by atoms with Crippen LogP contribution in [0, 0.1) is 0 Å². The van der Waals surface area contributed by atoms with Crippen LogP contribution in [0.25, 0.3) is 5.70 Å². The summed E-state index contributed by atoms with van der Waals surface area (Å²) in [7, 11) is 1.56. The average molecular weight is 421 g/mol. The maximum atomic E-state index is 12.8. The number of hydrogen-bond acceptors (Lipinski definition) is 4. The number of esters is 1. The Morgan fingerprint density at radius 1 is 1.11 bits per heavy atom. The molecule has 1 aliphatic heterocycles. The maximum Gasteiger partial charge on any atom is 0.338 e. The Morgan fingerprint density at radius 3 is 2.32 bits per heavy atom. The highest BCUT2D eigenvalue weighted by Crippen LogP contribution is 2.38. The van der Waals surface area contributed by atoms with Crippen molar-refractivity contribution in [2.24, 2.45) is 0 Å². The van der Waals surface area contributed by atoms with Gasteiger partial charge < -0.3 is 20.1 Å². The Morgan fingerprint density at radius 2 is 1.75 bits per heavy atom. The normalized spacial score (nSPS) is 16.3. The van der Waals surface area contributed by atoms with Gasteiger partial charge in [-0.15, -0.1) is 0 Å². The smallest absolute Gasteiger partial charge is 0.338 e. The van der Waals surface area contributed by atoms with E-state index in [0.717, 1.165) is 0 Å². The van der Waals surface area contributed by atoms with Crippen LogP contribution in [0.15, 0.2) is 48.0 Å². The van der Waals surface area contributed by atoms with Gasteiger partial charge in [0.25, 0.3) is 0 Å². The van der Waals surface area contributed by atoms with Gasteiger partial charge in [-0.2, -0.15) is 0 Å². The zero-order valence-corrected chi connectivity index (χ0v) is 16.7. The van der Waals surface area contributed by atoms with E-state index in [4.69, 9.17) is 32.7 Å². The van der Waals surface area contributed by atoms with E-state index in [1.165, 1.54) is 0 Å². The van der Waals surface area contributed by atoms with E-state index in [1.54, 1.807) is 56.5 Å². The first kappa shape index (κ1) is 20.0. The van der Waals surface area contributed by atoms with Crippen molar-refractivity contribution in [3.63, 3.8) is 0 Å². The van der Waals surface area contributed by atoms with Gasteiger partial charge in [0, 0.05) is 15.6 Å². The molecule has 0 saturated heterocycles. The summed E-state index contributed by atoms with van der Waals surface area (Å²) < 4.78 is 10.4. The predicted molar refractivity (Wildman–Crippen MR) is 107 cm³/mol. The summed E-state index contributed by atoms with van der Waals surface area (Å²) in [4.78, 5) is 25.2. The molecule has 0 spiro atoms. The minimum atomic E-state index is -0.869. The van der Waals surface area contributed by atoms with Crippen LogP contribution in [0.3, 0.4) is 0 Å². The number of urea groups is 1. The van der Waals surface area contributed by atoms with E-state index in [1.807, 2.05) is 0 Å². The standard InChI is InChI=1S/C20H18Cl2N2O4/c1-3-28-19(25)16-17(11-7-9-12(27-2)10-8-11)23-20(26)24-18(16)15-13(21)5-4-6-14(15)22/h4-10,18H,3H2,1-2H3,(H2,23,24,26). The molecule has 1 atom stereocenters. The highest BCUT2D eigenvalue weighted by Gasteiger charge is 2.36. The van der Waals surface area contributed by atoms with Gasteiger partial charge in [-0.25, -0.2) is 9.59 Å². The fourth-order valence-electron chi connectivity index (χ4n) is 2.98. The fraction of sp³-hybridized carbons (Fsp3) is 0.200. The second-order valence-corrected chi connectivity index (χ2v) is 6.72. The van der Waals surface area contributed by atoms with Crippen molar-refractivity contribution < 1.29 is 19.1 Å². The first-order valence-corrected chi connectivity index (χ1v) is 9.29. The van der Waals surface area contributed by atoms with E-state index in [2.05, 4.69) is 10.6 Å². The number of halogens is 2. The second kappa shape index (κ2) is 8.54. The zero-order chi connectivity index (χ0) is 20.3. The third kappa shape index (κ3) is 3.93. The SMILES string of the molecule is CCOC(=O)C1=C(c2ccc(OC)cc2)NC(=O)NC1c1c(Cl)cccc1Cl. The number of carbonyl (C=O) groups excluding carboxylic acids is 2. The molecule has 1 heterocycles. The van der Waals surface area contributed by atoms with E-state index in [-0.39, 0.29) is 12.2 Å². The molecule has 2 aromatic carbocycles. The van der Waals surface area contributed by atoms with E-state index in [9.17, 15) is 9.59 Å². The van der Waals surface area contributed by atoms with Crippen molar-refractivity contribution in [1.29, 1.82) is 0 Å². The number of amides is 2. The van der Waals surface area contributed by atoms with Crippen LogP contribution in [-0.2, 0) is 9.53 Å². The topological polar surface area (TPSA) is 76.7 Å². The Balaban J connectivity index is 2.22. The lowest BCUT2D eigenvalue weighted by molar-refractivity contribution is -0.138.